The summed E-state index contributed by atoms with van der Waals surface area (Å²) < 4.78 is 21.2. The number of rotatable bonds is 6. The van der Waals surface area contributed by atoms with Crippen molar-refractivity contribution in [1.82, 2.24) is 35.1 Å². The Hall–Kier alpha value is -4.93. The average molecular weight is 497 g/mol. The number of nitrogens with zero attached hydrogens (tertiary/aromatic N) is 5. The van der Waals surface area contributed by atoms with E-state index in [1.54, 1.807) is 36.9 Å². The standard InChI is InChI=1S/C26H21FN8O2/c1-13(2)7-19(36)31-16-8-15(9-28-10-16)17-11-30-25-20(21(17)27)24(34-35-25)26-32-18-3-5-29-22(23(18)33-26)14-4-6-37-12-14/h3-6,8-13H,7H2,1-2H3,(H,31,36)(H,32,33)(H,30,34,35). The van der Waals surface area contributed by atoms with Crippen LogP contribution in [0.1, 0.15) is 20.3 Å². The number of carbonyl (C=O) groups excluding carboxylic acids is 1. The Kier molecular flexibility index (Phi) is 5.44. The first kappa shape index (κ1) is 22.5. The van der Waals surface area contributed by atoms with Gasteiger partial charge in [-0.05, 0) is 24.1 Å². The van der Waals surface area contributed by atoms with Crippen LogP contribution in [0, 0.1) is 11.7 Å². The number of H-pyrrole nitrogens is 2. The van der Waals surface area contributed by atoms with Gasteiger partial charge in [0, 0.05) is 41.7 Å². The van der Waals surface area contributed by atoms with Gasteiger partial charge in [0.25, 0.3) is 0 Å². The highest BCUT2D eigenvalue weighted by Crippen LogP contribution is 2.34. The molecule has 0 saturated heterocycles. The van der Waals surface area contributed by atoms with Gasteiger partial charge in [-0.3, -0.25) is 19.9 Å². The van der Waals surface area contributed by atoms with Crippen LogP contribution in [0.5, 0.6) is 0 Å². The van der Waals surface area contributed by atoms with Crippen molar-refractivity contribution in [3.8, 4) is 33.9 Å². The molecule has 0 bridgehead atoms. The van der Waals surface area contributed by atoms with E-state index in [2.05, 4.69) is 40.4 Å². The number of fused-ring (bicyclic) bond motifs is 2. The monoisotopic (exact) mass is 496 g/mol. The second-order valence-corrected chi connectivity index (χ2v) is 9.04. The molecule has 3 N–H and O–H groups in total. The normalized spacial score (nSPS) is 11.6. The van der Waals surface area contributed by atoms with Crippen molar-refractivity contribution in [3.05, 3.63) is 61.3 Å². The van der Waals surface area contributed by atoms with E-state index in [4.69, 9.17) is 4.42 Å². The molecule has 6 aromatic heterocycles. The fourth-order valence-electron chi connectivity index (χ4n) is 4.22. The number of anilines is 1. The second kappa shape index (κ2) is 8.94. The van der Waals surface area contributed by atoms with Gasteiger partial charge in [0.2, 0.25) is 5.91 Å². The fraction of sp³-hybridized carbons (Fsp3) is 0.154. The first-order valence-corrected chi connectivity index (χ1v) is 11.6. The molecule has 6 rings (SSSR count). The zero-order valence-electron chi connectivity index (χ0n) is 19.9. The molecular formula is C26H21FN8O2. The molecule has 0 aliphatic rings. The lowest BCUT2D eigenvalue weighted by atomic mass is 10.1. The summed E-state index contributed by atoms with van der Waals surface area (Å²) in [6, 6.07) is 5.25. The van der Waals surface area contributed by atoms with Gasteiger partial charge in [0.15, 0.2) is 11.5 Å². The molecule has 0 atom stereocenters. The number of nitrogens with one attached hydrogen (secondary N) is 3. The molecule has 0 spiro atoms. The van der Waals surface area contributed by atoms with E-state index in [1.807, 2.05) is 13.8 Å². The Bertz CT molecular complexity index is 1750. The van der Waals surface area contributed by atoms with Crippen LogP contribution in [0.25, 0.3) is 56.0 Å². The quantitative estimate of drug-likeness (QED) is 0.283. The highest BCUT2D eigenvalue weighted by Gasteiger charge is 2.22. The Labute approximate surface area is 209 Å². The van der Waals surface area contributed by atoms with Crippen LogP contribution in [0.3, 0.4) is 0 Å². The van der Waals surface area contributed by atoms with E-state index in [9.17, 15) is 4.79 Å². The number of hydrogen-bond acceptors (Lipinski definition) is 7. The van der Waals surface area contributed by atoms with Crippen LogP contribution in [0.4, 0.5) is 10.1 Å². The molecule has 0 unspecified atom stereocenters. The van der Waals surface area contributed by atoms with Crippen molar-refractivity contribution in [3.63, 3.8) is 0 Å². The third-order valence-corrected chi connectivity index (χ3v) is 5.87. The van der Waals surface area contributed by atoms with E-state index >= 15 is 4.39 Å². The van der Waals surface area contributed by atoms with Crippen molar-refractivity contribution < 1.29 is 13.6 Å². The summed E-state index contributed by atoms with van der Waals surface area (Å²) in [5.41, 5.74) is 4.46. The molecule has 184 valence electrons. The molecule has 6 heterocycles. The highest BCUT2D eigenvalue weighted by atomic mass is 19.1. The summed E-state index contributed by atoms with van der Waals surface area (Å²) in [6.07, 6.45) is 9.64. The van der Waals surface area contributed by atoms with E-state index in [0.717, 1.165) is 11.1 Å². The Balaban J connectivity index is 1.42. The number of aromatic nitrogens is 7. The SMILES string of the molecule is CC(C)CC(=O)Nc1cncc(-c2cnc3[nH]nc(-c4nc5c(-c6ccoc6)nccc5[nH]4)c3c2F)c1. The molecule has 0 fully saturated rings. The third kappa shape index (κ3) is 4.10. The van der Waals surface area contributed by atoms with Crippen LogP contribution in [0.15, 0.2) is 59.9 Å². The second-order valence-electron chi connectivity index (χ2n) is 9.04. The van der Waals surface area contributed by atoms with Gasteiger partial charge in [0.05, 0.1) is 35.3 Å². The number of amides is 1. The van der Waals surface area contributed by atoms with Crippen LogP contribution in [-0.4, -0.2) is 41.0 Å². The van der Waals surface area contributed by atoms with Crippen molar-refractivity contribution in [2.45, 2.75) is 20.3 Å². The predicted molar refractivity (Wildman–Crippen MR) is 136 cm³/mol. The maximum Gasteiger partial charge on any atom is 0.224 e. The zero-order valence-corrected chi connectivity index (χ0v) is 19.9. The van der Waals surface area contributed by atoms with Crippen molar-refractivity contribution >= 4 is 33.7 Å². The lowest BCUT2D eigenvalue weighted by Crippen LogP contribution is -2.14. The first-order chi connectivity index (χ1) is 18.0. The zero-order chi connectivity index (χ0) is 25.5. The molecule has 0 radical (unpaired) electrons. The lowest BCUT2D eigenvalue weighted by molar-refractivity contribution is -0.116. The minimum atomic E-state index is -0.533. The Morgan fingerprint density at radius 2 is 2.03 bits per heavy atom. The van der Waals surface area contributed by atoms with Gasteiger partial charge < -0.3 is 14.7 Å². The van der Waals surface area contributed by atoms with Crippen molar-refractivity contribution in [2.24, 2.45) is 5.92 Å². The summed E-state index contributed by atoms with van der Waals surface area (Å²) in [4.78, 5) is 33.1. The van der Waals surface area contributed by atoms with Crippen LogP contribution in [-0.2, 0) is 4.79 Å². The smallest absolute Gasteiger partial charge is 0.224 e. The summed E-state index contributed by atoms with van der Waals surface area (Å²) in [5.74, 6) is -0.0849. The first-order valence-electron chi connectivity index (χ1n) is 11.6. The number of carbonyl (C=O) groups is 1. The number of pyridine rings is 3. The predicted octanol–water partition coefficient (Wildman–Crippen LogP) is 5.34. The molecule has 1 amide bonds. The average Bonchev–Trinajstić information content (AvgIpc) is 3.62. The Morgan fingerprint density at radius 1 is 1.14 bits per heavy atom. The van der Waals surface area contributed by atoms with E-state index in [0.29, 0.717) is 34.7 Å². The van der Waals surface area contributed by atoms with Crippen LogP contribution in [0.2, 0.25) is 0 Å². The minimum Gasteiger partial charge on any atom is -0.472 e. The molecule has 0 aliphatic carbocycles. The summed E-state index contributed by atoms with van der Waals surface area (Å²) in [7, 11) is 0. The molecule has 10 nitrogen and oxygen atoms in total. The molecular weight excluding hydrogens is 475 g/mol. The van der Waals surface area contributed by atoms with E-state index in [-0.39, 0.29) is 34.1 Å². The van der Waals surface area contributed by atoms with Gasteiger partial charge in [0.1, 0.15) is 22.7 Å². The highest BCUT2D eigenvalue weighted by molar-refractivity contribution is 5.97. The minimum absolute atomic E-state index is 0.130. The molecule has 6 aromatic rings. The van der Waals surface area contributed by atoms with E-state index in [1.165, 1.54) is 18.6 Å². The van der Waals surface area contributed by atoms with Gasteiger partial charge in [-0.25, -0.2) is 14.4 Å². The maximum atomic E-state index is 16.0. The number of halogens is 1. The third-order valence-electron chi connectivity index (χ3n) is 5.87. The summed E-state index contributed by atoms with van der Waals surface area (Å²) in [6.45, 7) is 3.92. The van der Waals surface area contributed by atoms with Crippen LogP contribution < -0.4 is 5.32 Å². The summed E-state index contributed by atoms with van der Waals surface area (Å²) in [5, 5.41) is 10.1. The number of hydrogen-bond donors (Lipinski definition) is 3. The van der Waals surface area contributed by atoms with Gasteiger partial charge in [-0.2, -0.15) is 5.10 Å². The fourth-order valence-corrected chi connectivity index (χ4v) is 4.22. The molecule has 0 aliphatic heterocycles. The van der Waals surface area contributed by atoms with Gasteiger partial charge >= 0.3 is 0 Å². The largest absolute Gasteiger partial charge is 0.472 e. The van der Waals surface area contributed by atoms with Crippen LogP contribution >= 0.6 is 0 Å². The molecule has 37 heavy (non-hydrogen) atoms. The van der Waals surface area contributed by atoms with Gasteiger partial charge in [-0.15, -0.1) is 0 Å². The summed E-state index contributed by atoms with van der Waals surface area (Å²) >= 11 is 0. The molecule has 0 aromatic carbocycles. The maximum absolute atomic E-state index is 16.0. The lowest BCUT2D eigenvalue weighted by Gasteiger charge is -2.09. The number of furan rings is 1. The Morgan fingerprint density at radius 3 is 2.84 bits per heavy atom. The molecule has 11 heteroatoms. The van der Waals surface area contributed by atoms with Gasteiger partial charge in [-0.1, -0.05) is 13.8 Å². The number of aromatic amines is 2. The van der Waals surface area contributed by atoms with Crippen molar-refractivity contribution in [2.75, 3.05) is 5.32 Å². The molecule has 0 saturated carbocycles. The van der Waals surface area contributed by atoms with Crippen molar-refractivity contribution in [1.29, 1.82) is 0 Å². The van der Waals surface area contributed by atoms with E-state index < -0.39 is 5.82 Å². The number of imidazole rings is 1. The topological polar surface area (TPSA) is 138 Å².